The Morgan fingerprint density at radius 3 is 2.76 bits per heavy atom. The molecule has 1 fully saturated rings. The zero-order valence-corrected chi connectivity index (χ0v) is 13.4. The maximum Gasteiger partial charge on any atom is 0.309 e. The highest BCUT2D eigenvalue weighted by molar-refractivity contribution is 7.99. The van der Waals surface area contributed by atoms with Gasteiger partial charge < -0.3 is 10.0 Å². The number of thioether (sulfide) groups is 1. The van der Waals surface area contributed by atoms with Crippen LogP contribution in [0.25, 0.3) is 0 Å². The Hall–Kier alpha value is -1.00. The Bertz CT molecular complexity index is 523. The van der Waals surface area contributed by atoms with E-state index in [0.717, 1.165) is 44.6 Å². The van der Waals surface area contributed by atoms with Crippen LogP contribution >= 0.6 is 11.8 Å². The first-order valence-electron chi connectivity index (χ1n) is 7.82. The number of nitrogens with zero attached hydrogens (tertiary/aromatic N) is 1. The number of benzene rings is 1. The maximum absolute atomic E-state index is 11.5. The van der Waals surface area contributed by atoms with E-state index in [1.807, 2.05) is 18.7 Å². The minimum atomic E-state index is -0.605. The standard InChI is InChI=1S/C17H23NO2S/c1-2-17(16(19)20)7-9-18(10-8-17)11-13-12-21-15-6-4-3-5-14(13)15/h3-6,13H,2,7-12H2,1H3,(H,19,20). The molecule has 0 spiro atoms. The van der Waals surface area contributed by atoms with Gasteiger partial charge in [0.1, 0.15) is 0 Å². The van der Waals surface area contributed by atoms with E-state index in [-0.39, 0.29) is 0 Å². The van der Waals surface area contributed by atoms with E-state index in [1.54, 1.807) is 0 Å². The van der Waals surface area contributed by atoms with Crippen molar-refractivity contribution in [2.24, 2.45) is 5.41 Å². The fraction of sp³-hybridized carbons (Fsp3) is 0.588. The van der Waals surface area contributed by atoms with Gasteiger partial charge in [-0.3, -0.25) is 4.79 Å². The number of carboxylic acids is 1. The SMILES string of the molecule is CCC1(C(=O)O)CCN(CC2CSc3ccccc32)CC1. The Morgan fingerprint density at radius 2 is 2.10 bits per heavy atom. The fourth-order valence-electron chi connectivity index (χ4n) is 3.57. The van der Waals surface area contributed by atoms with Gasteiger partial charge in [-0.2, -0.15) is 0 Å². The molecule has 0 bridgehead atoms. The highest BCUT2D eigenvalue weighted by Gasteiger charge is 2.40. The molecule has 0 aromatic heterocycles. The molecule has 3 rings (SSSR count). The van der Waals surface area contributed by atoms with Crippen LogP contribution in [0.1, 0.15) is 37.7 Å². The molecule has 2 aliphatic heterocycles. The van der Waals surface area contributed by atoms with Crippen LogP contribution in [-0.2, 0) is 4.79 Å². The normalized spacial score (nSPS) is 24.7. The van der Waals surface area contributed by atoms with E-state index < -0.39 is 11.4 Å². The lowest BCUT2D eigenvalue weighted by Gasteiger charge is -2.39. The first kappa shape index (κ1) is 14.9. The number of piperidine rings is 1. The Labute approximate surface area is 130 Å². The van der Waals surface area contributed by atoms with Crippen molar-refractivity contribution in [3.8, 4) is 0 Å². The monoisotopic (exact) mass is 305 g/mol. The Kier molecular flexibility index (Phi) is 4.27. The van der Waals surface area contributed by atoms with Gasteiger partial charge in [0.2, 0.25) is 0 Å². The average molecular weight is 305 g/mol. The summed E-state index contributed by atoms with van der Waals surface area (Å²) in [5, 5.41) is 9.47. The summed E-state index contributed by atoms with van der Waals surface area (Å²) in [5.41, 5.74) is 1.01. The van der Waals surface area contributed by atoms with Gasteiger partial charge in [0.15, 0.2) is 0 Å². The van der Waals surface area contributed by atoms with Crippen molar-refractivity contribution in [3.63, 3.8) is 0 Å². The number of rotatable bonds is 4. The summed E-state index contributed by atoms with van der Waals surface area (Å²) in [7, 11) is 0. The molecule has 0 radical (unpaired) electrons. The van der Waals surface area contributed by atoms with Crippen molar-refractivity contribution in [2.75, 3.05) is 25.4 Å². The van der Waals surface area contributed by atoms with Crippen molar-refractivity contribution in [3.05, 3.63) is 29.8 Å². The second kappa shape index (κ2) is 6.01. The zero-order valence-electron chi connectivity index (χ0n) is 12.5. The molecule has 1 atom stereocenters. The highest BCUT2D eigenvalue weighted by Crippen LogP contribution is 2.41. The van der Waals surface area contributed by atoms with Crippen LogP contribution in [0, 0.1) is 5.41 Å². The molecule has 4 heteroatoms. The van der Waals surface area contributed by atoms with Crippen LogP contribution in [0.3, 0.4) is 0 Å². The highest BCUT2D eigenvalue weighted by atomic mass is 32.2. The lowest BCUT2D eigenvalue weighted by atomic mass is 9.76. The molecule has 0 aliphatic carbocycles. The molecular weight excluding hydrogens is 282 g/mol. The molecule has 21 heavy (non-hydrogen) atoms. The molecule has 1 saturated heterocycles. The van der Waals surface area contributed by atoms with Gasteiger partial charge in [-0.25, -0.2) is 0 Å². The fourth-order valence-corrected chi connectivity index (χ4v) is 4.82. The van der Waals surface area contributed by atoms with Gasteiger partial charge >= 0.3 is 5.97 Å². The summed E-state index contributed by atoms with van der Waals surface area (Å²) in [4.78, 5) is 15.4. The molecule has 114 valence electrons. The van der Waals surface area contributed by atoms with E-state index in [0.29, 0.717) is 5.92 Å². The molecule has 0 amide bonds. The molecule has 2 aliphatic rings. The first-order chi connectivity index (χ1) is 10.1. The lowest BCUT2D eigenvalue weighted by Crippen LogP contribution is -2.45. The number of carboxylic acid groups (broad SMARTS) is 1. The van der Waals surface area contributed by atoms with Crippen LogP contribution < -0.4 is 0 Å². The third-order valence-electron chi connectivity index (χ3n) is 5.22. The van der Waals surface area contributed by atoms with Gasteiger partial charge in [-0.05, 0) is 44.0 Å². The van der Waals surface area contributed by atoms with E-state index in [2.05, 4.69) is 29.2 Å². The van der Waals surface area contributed by atoms with Crippen molar-refractivity contribution in [1.29, 1.82) is 0 Å². The molecular formula is C17H23NO2S. The summed E-state index contributed by atoms with van der Waals surface area (Å²) >= 11 is 1.95. The van der Waals surface area contributed by atoms with Crippen LogP contribution in [0.2, 0.25) is 0 Å². The largest absolute Gasteiger partial charge is 0.481 e. The summed E-state index contributed by atoms with van der Waals surface area (Å²) in [6.45, 7) is 4.92. The second-order valence-corrected chi connectivity index (χ2v) is 7.35. The number of hydrogen-bond acceptors (Lipinski definition) is 3. The molecule has 1 N–H and O–H groups in total. The minimum absolute atomic E-state index is 0.473. The van der Waals surface area contributed by atoms with E-state index in [9.17, 15) is 9.90 Å². The van der Waals surface area contributed by atoms with Gasteiger partial charge in [0, 0.05) is 23.1 Å². The average Bonchev–Trinajstić information content (AvgIpc) is 2.91. The van der Waals surface area contributed by atoms with Crippen molar-refractivity contribution < 1.29 is 9.90 Å². The van der Waals surface area contributed by atoms with Crippen LogP contribution in [0.5, 0.6) is 0 Å². The van der Waals surface area contributed by atoms with Gasteiger partial charge in [-0.15, -0.1) is 11.8 Å². The third-order valence-corrected chi connectivity index (χ3v) is 6.47. The van der Waals surface area contributed by atoms with E-state index in [1.165, 1.54) is 10.5 Å². The zero-order chi connectivity index (χ0) is 14.9. The molecule has 1 unspecified atom stereocenters. The Balaban J connectivity index is 1.61. The van der Waals surface area contributed by atoms with Gasteiger partial charge in [-0.1, -0.05) is 25.1 Å². The molecule has 1 aromatic carbocycles. The summed E-state index contributed by atoms with van der Waals surface area (Å²) in [6, 6.07) is 8.69. The predicted molar refractivity (Wildman–Crippen MR) is 85.9 cm³/mol. The molecule has 3 nitrogen and oxygen atoms in total. The quantitative estimate of drug-likeness (QED) is 0.925. The van der Waals surface area contributed by atoms with Crippen LogP contribution in [0.4, 0.5) is 0 Å². The summed E-state index contributed by atoms with van der Waals surface area (Å²) < 4.78 is 0. The smallest absolute Gasteiger partial charge is 0.309 e. The second-order valence-electron chi connectivity index (χ2n) is 6.29. The summed E-state index contributed by atoms with van der Waals surface area (Å²) in [6.07, 6.45) is 2.33. The molecule has 0 saturated carbocycles. The van der Waals surface area contributed by atoms with Crippen LogP contribution in [-0.4, -0.2) is 41.4 Å². The van der Waals surface area contributed by atoms with Gasteiger partial charge in [0.25, 0.3) is 0 Å². The summed E-state index contributed by atoms with van der Waals surface area (Å²) in [5.74, 6) is 1.16. The molecule has 2 heterocycles. The number of likely N-dealkylation sites (tertiary alicyclic amines) is 1. The minimum Gasteiger partial charge on any atom is -0.481 e. The lowest BCUT2D eigenvalue weighted by molar-refractivity contribution is -0.152. The maximum atomic E-state index is 11.5. The Morgan fingerprint density at radius 1 is 1.38 bits per heavy atom. The van der Waals surface area contributed by atoms with Crippen LogP contribution in [0.15, 0.2) is 29.2 Å². The van der Waals surface area contributed by atoms with E-state index >= 15 is 0 Å². The number of fused-ring (bicyclic) bond motifs is 1. The first-order valence-corrected chi connectivity index (χ1v) is 8.81. The third kappa shape index (κ3) is 2.84. The van der Waals surface area contributed by atoms with Crippen molar-refractivity contribution >= 4 is 17.7 Å². The van der Waals surface area contributed by atoms with Gasteiger partial charge in [0.05, 0.1) is 5.41 Å². The number of aliphatic carboxylic acids is 1. The topological polar surface area (TPSA) is 40.5 Å². The van der Waals surface area contributed by atoms with Crippen molar-refractivity contribution in [1.82, 2.24) is 4.90 Å². The van der Waals surface area contributed by atoms with Crippen molar-refractivity contribution in [2.45, 2.75) is 37.0 Å². The van der Waals surface area contributed by atoms with E-state index in [4.69, 9.17) is 0 Å². The molecule has 1 aromatic rings. The number of hydrogen-bond donors (Lipinski definition) is 1. The predicted octanol–water partition coefficient (Wildman–Crippen LogP) is 3.45. The number of carbonyl (C=O) groups is 1.